The predicted octanol–water partition coefficient (Wildman–Crippen LogP) is 2.27. The molecule has 0 bridgehead atoms. The highest BCUT2D eigenvalue weighted by Crippen LogP contribution is 2.50. The van der Waals surface area contributed by atoms with E-state index >= 15 is 0 Å². The fraction of sp³-hybridized carbons (Fsp3) is 0.591. The van der Waals surface area contributed by atoms with Crippen LogP contribution in [0.5, 0.6) is 5.88 Å². The Balaban J connectivity index is 1.51. The molecule has 2 aromatic heterocycles. The van der Waals surface area contributed by atoms with Crippen LogP contribution in [0.2, 0.25) is 0 Å². The van der Waals surface area contributed by atoms with Gasteiger partial charge in [-0.15, -0.1) is 16.4 Å². The van der Waals surface area contributed by atoms with Gasteiger partial charge in [-0.2, -0.15) is 0 Å². The van der Waals surface area contributed by atoms with Gasteiger partial charge in [0.15, 0.2) is 5.11 Å². The third kappa shape index (κ3) is 5.38. The van der Waals surface area contributed by atoms with Gasteiger partial charge < -0.3 is 15.5 Å². The second kappa shape index (κ2) is 10.1. The number of methoxy groups -OCH3 is 1. The number of carbonyl (C=O) groups excluding carboxylic acids is 1. The number of fused-ring (bicyclic) bond motifs is 1. The number of thiocarbonyl (C=S) groups is 1. The van der Waals surface area contributed by atoms with E-state index in [4.69, 9.17) is 22.8 Å². The van der Waals surface area contributed by atoms with Crippen LogP contribution < -0.4 is 30.9 Å². The van der Waals surface area contributed by atoms with Crippen molar-refractivity contribution < 1.29 is 35.5 Å². The summed E-state index contributed by atoms with van der Waals surface area (Å²) in [5, 5.41) is 6.62. The van der Waals surface area contributed by atoms with E-state index in [1.165, 1.54) is 11.8 Å². The van der Waals surface area contributed by atoms with Crippen LogP contribution in [0.4, 0.5) is 28.4 Å². The van der Waals surface area contributed by atoms with E-state index < -0.39 is 65.0 Å². The number of thiophene rings is 1. The molecule has 11 nitrogen and oxygen atoms in total. The zero-order valence-corrected chi connectivity index (χ0v) is 23.8. The average molecular weight is 626 g/mol. The largest absolute Gasteiger partial charge is 0.480 e. The number of halogens is 4. The lowest BCUT2D eigenvalue weighted by molar-refractivity contribution is -0.119. The molecule has 220 valence electrons. The standard InChI is InChI=1S/C22H27F4N7O4S3/c1-32-16(6-15(30-32)37-2)33(20(38)29-27)11-3-4-14-12(5-11)17(40(35,36)31-10-7-21(23,24)8-10)19(39-14)28-18(34)13-9-22(13,25)26/h6,10-11,13,31H,3-5,7-9,27H2,1-2H3,(H,28,34)(H,29,38)/t11-,13?/m0/s1. The van der Waals surface area contributed by atoms with E-state index in [0.29, 0.717) is 35.0 Å². The molecule has 18 heteroatoms. The van der Waals surface area contributed by atoms with Crippen LogP contribution in [0.3, 0.4) is 0 Å². The Hall–Kier alpha value is -2.54. The van der Waals surface area contributed by atoms with E-state index in [9.17, 15) is 30.8 Å². The zero-order chi connectivity index (χ0) is 29.2. The van der Waals surface area contributed by atoms with Crippen molar-refractivity contribution >= 4 is 55.4 Å². The van der Waals surface area contributed by atoms with Crippen molar-refractivity contribution in [1.82, 2.24) is 19.9 Å². The van der Waals surface area contributed by atoms with Crippen LogP contribution in [0.15, 0.2) is 11.0 Å². The minimum Gasteiger partial charge on any atom is -0.480 e. The molecule has 2 heterocycles. The molecule has 0 spiro atoms. The number of hydrazine groups is 1. The molecule has 0 aliphatic heterocycles. The second-order valence-electron chi connectivity index (χ2n) is 10.1. The van der Waals surface area contributed by atoms with Gasteiger partial charge >= 0.3 is 0 Å². The monoisotopic (exact) mass is 625 g/mol. The van der Waals surface area contributed by atoms with Crippen LogP contribution in [-0.4, -0.2) is 60.3 Å². The van der Waals surface area contributed by atoms with Crippen molar-refractivity contribution in [2.75, 3.05) is 17.3 Å². The smallest absolute Gasteiger partial charge is 0.260 e. The SMILES string of the molecule is COc1cc(N(C(=S)NN)[C@H]2CCc3sc(NC(=O)C4CC4(F)F)c(S(=O)(=O)NC4CC(F)(F)C4)c3C2)n(C)n1. The number of aryl methyl sites for hydroxylation is 2. The Bertz CT molecular complexity index is 1450. The molecule has 5 rings (SSSR count). The maximum Gasteiger partial charge on any atom is 0.260 e. The second-order valence-corrected chi connectivity index (χ2v) is 13.3. The number of sulfonamides is 1. The summed E-state index contributed by atoms with van der Waals surface area (Å²) in [4.78, 5) is 14.5. The number of aromatic nitrogens is 2. The van der Waals surface area contributed by atoms with Gasteiger partial charge in [0.2, 0.25) is 21.8 Å². The van der Waals surface area contributed by atoms with Gasteiger partial charge in [0.25, 0.3) is 11.8 Å². The van der Waals surface area contributed by atoms with Crippen LogP contribution in [-0.2, 0) is 34.7 Å². The van der Waals surface area contributed by atoms with Gasteiger partial charge in [0.05, 0.1) is 7.11 Å². The highest BCUT2D eigenvalue weighted by atomic mass is 32.2. The summed E-state index contributed by atoms with van der Waals surface area (Å²) in [7, 11) is -1.32. The number of ether oxygens (including phenoxy) is 1. The van der Waals surface area contributed by atoms with Crippen LogP contribution in [0.25, 0.3) is 0 Å². The zero-order valence-electron chi connectivity index (χ0n) is 21.3. The number of hydrogen-bond donors (Lipinski definition) is 4. The molecule has 2 atom stereocenters. The number of rotatable bonds is 8. The van der Waals surface area contributed by atoms with E-state index in [2.05, 4.69) is 20.6 Å². The molecule has 1 unspecified atom stereocenters. The highest BCUT2D eigenvalue weighted by molar-refractivity contribution is 7.90. The predicted molar refractivity (Wildman–Crippen MR) is 142 cm³/mol. The summed E-state index contributed by atoms with van der Waals surface area (Å²) in [6.45, 7) is 0. The lowest BCUT2D eigenvalue weighted by Gasteiger charge is -2.36. The maximum absolute atomic E-state index is 13.6. The van der Waals surface area contributed by atoms with Gasteiger partial charge in [0, 0.05) is 49.3 Å². The Labute approximate surface area is 236 Å². The Morgan fingerprint density at radius 3 is 2.52 bits per heavy atom. The number of nitrogens with zero attached hydrogens (tertiary/aromatic N) is 3. The summed E-state index contributed by atoms with van der Waals surface area (Å²) in [5.41, 5.74) is 2.78. The van der Waals surface area contributed by atoms with Crippen molar-refractivity contribution in [1.29, 1.82) is 0 Å². The average Bonchev–Trinajstić information content (AvgIpc) is 3.16. The van der Waals surface area contributed by atoms with Crippen molar-refractivity contribution in [3.8, 4) is 5.88 Å². The third-order valence-corrected chi connectivity index (χ3v) is 10.5. The summed E-state index contributed by atoms with van der Waals surface area (Å²) < 4.78 is 90.2. The van der Waals surface area contributed by atoms with Crippen LogP contribution >= 0.6 is 23.6 Å². The van der Waals surface area contributed by atoms with E-state index in [-0.39, 0.29) is 21.4 Å². The molecular formula is C22H27F4N7O4S3. The van der Waals surface area contributed by atoms with Crippen molar-refractivity contribution in [2.45, 2.75) is 67.3 Å². The number of alkyl halides is 4. The Morgan fingerprint density at radius 1 is 1.30 bits per heavy atom. The summed E-state index contributed by atoms with van der Waals surface area (Å²) in [5.74, 6) is -2.23. The number of nitrogens with two attached hydrogens (primary N) is 1. The first-order valence-corrected chi connectivity index (χ1v) is 15.0. The lowest BCUT2D eigenvalue weighted by atomic mass is 9.89. The molecule has 2 saturated carbocycles. The molecule has 2 aromatic rings. The van der Waals surface area contributed by atoms with Gasteiger partial charge in [-0.05, 0) is 37.0 Å². The number of anilines is 2. The van der Waals surface area contributed by atoms with E-state index in [0.717, 1.165) is 11.3 Å². The minimum atomic E-state index is -4.43. The molecule has 3 aliphatic rings. The highest BCUT2D eigenvalue weighted by Gasteiger charge is 2.61. The van der Waals surface area contributed by atoms with E-state index in [1.54, 1.807) is 18.0 Å². The Kier molecular flexibility index (Phi) is 7.30. The number of carbonyl (C=O) groups is 1. The van der Waals surface area contributed by atoms with Crippen molar-refractivity contribution in [2.24, 2.45) is 18.8 Å². The van der Waals surface area contributed by atoms with Gasteiger partial charge in [-0.25, -0.2) is 41.2 Å². The summed E-state index contributed by atoms with van der Waals surface area (Å²) in [6.07, 6.45) is -1.00. The number of nitrogens with one attached hydrogen (secondary N) is 3. The molecule has 3 aliphatic carbocycles. The minimum absolute atomic E-state index is 0.105. The molecule has 1 amide bonds. The topological polar surface area (TPSA) is 144 Å². The van der Waals surface area contributed by atoms with Gasteiger partial charge in [-0.3, -0.25) is 9.69 Å². The van der Waals surface area contributed by atoms with Crippen molar-refractivity contribution in [3.63, 3.8) is 0 Å². The summed E-state index contributed by atoms with van der Waals surface area (Å²) >= 11 is 6.43. The third-order valence-electron chi connectivity index (χ3n) is 7.24. The van der Waals surface area contributed by atoms with Gasteiger partial charge in [0.1, 0.15) is 21.6 Å². The molecule has 5 N–H and O–H groups in total. The molecule has 0 aromatic carbocycles. The lowest BCUT2D eigenvalue weighted by Crippen LogP contribution is -2.51. The van der Waals surface area contributed by atoms with Crippen LogP contribution in [0, 0.1) is 5.92 Å². The van der Waals surface area contributed by atoms with Crippen LogP contribution in [0.1, 0.15) is 36.1 Å². The van der Waals surface area contributed by atoms with E-state index in [1.807, 2.05) is 0 Å². The Morgan fingerprint density at radius 2 is 1.98 bits per heavy atom. The fourth-order valence-corrected chi connectivity index (χ4v) is 8.58. The van der Waals surface area contributed by atoms with Crippen molar-refractivity contribution in [3.05, 3.63) is 16.5 Å². The molecule has 40 heavy (non-hydrogen) atoms. The molecule has 2 fully saturated rings. The maximum atomic E-state index is 13.6. The first kappa shape index (κ1) is 29.0. The number of hydrogen-bond acceptors (Lipinski definition) is 8. The molecular weight excluding hydrogens is 598 g/mol. The fourth-order valence-electron chi connectivity index (χ4n) is 5.13. The number of amides is 1. The quantitative estimate of drug-likeness (QED) is 0.150. The molecule has 0 saturated heterocycles. The first-order valence-electron chi connectivity index (χ1n) is 12.3. The molecule has 0 radical (unpaired) electrons. The first-order chi connectivity index (χ1) is 18.7. The van der Waals surface area contributed by atoms with Gasteiger partial charge in [-0.1, -0.05) is 0 Å². The summed E-state index contributed by atoms with van der Waals surface area (Å²) in [6, 6.07) is 0.187. The normalized spacial score (nSPS) is 23.1.